The third-order valence-electron chi connectivity index (χ3n) is 1.93. The van der Waals surface area contributed by atoms with Gasteiger partial charge in [0.1, 0.15) is 15.1 Å². The fourth-order valence-electron chi connectivity index (χ4n) is 1.24. The number of fused-ring (bicyclic) bond motifs is 1. The first kappa shape index (κ1) is 8.80. The molecule has 2 aromatic rings. The summed E-state index contributed by atoms with van der Waals surface area (Å²) in [6, 6.07) is 3.85. The van der Waals surface area contributed by atoms with Gasteiger partial charge < -0.3 is 4.74 Å². The van der Waals surface area contributed by atoms with E-state index >= 15 is 0 Å². The number of halogens is 1. The molecule has 0 atom stereocenters. The van der Waals surface area contributed by atoms with Crippen LogP contribution in [0.4, 0.5) is 0 Å². The Morgan fingerprint density at radius 1 is 1.54 bits per heavy atom. The van der Waals surface area contributed by atoms with Crippen molar-refractivity contribution >= 4 is 28.2 Å². The van der Waals surface area contributed by atoms with Gasteiger partial charge in [-0.15, -0.1) is 0 Å². The molecule has 0 aliphatic carbocycles. The molecule has 0 N–H and O–H groups in total. The lowest BCUT2D eigenvalue weighted by Crippen LogP contribution is -1.88. The molecule has 0 radical (unpaired) electrons. The van der Waals surface area contributed by atoms with E-state index in [2.05, 4.69) is 27.6 Å². The van der Waals surface area contributed by atoms with Gasteiger partial charge in [-0.2, -0.15) is 0 Å². The van der Waals surface area contributed by atoms with Crippen LogP contribution in [0.25, 0.3) is 5.65 Å². The van der Waals surface area contributed by atoms with Gasteiger partial charge >= 0.3 is 0 Å². The Kier molecular flexibility index (Phi) is 2.15. The third-order valence-corrected chi connectivity index (χ3v) is 3.23. The number of ether oxygens (including phenoxy) is 1. The summed E-state index contributed by atoms with van der Waals surface area (Å²) < 4.78 is 8.30. The van der Waals surface area contributed by atoms with Crippen molar-refractivity contribution in [1.29, 1.82) is 0 Å². The predicted molar refractivity (Wildman–Crippen MR) is 59.2 cm³/mol. The number of imidazole rings is 1. The minimum atomic E-state index is 0.842. The predicted octanol–water partition coefficient (Wildman–Crippen LogP) is 2.26. The van der Waals surface area contributed by atoms with Crippen molar-refractivity contribution in [2.45, 2.75) is 6.92 Å². The fraction of sp³-hybridized carbons (Fsp3) is 0.222. The summed E-state index contributed by atoms with van der Waals surface area (Å²) in [5.74, 6) is 0.842. The molecule has 0 unspecified atom stereocenters. The molecule has 68 valence electrons. The van der Waals surface area contributed by atoms with Gasteiger partial charge in [0.15, 0.2) is 0 Å². The Balaban J connectivity index is 2.73. The number of hydrogen-bond acceptors (Lipinski definition) is 2. The minimum Gasteiger partial charge on any atom is -0.497 e. The largest absolute Gasteiger partial charge is 0.497 e. The van der Waals surface area contributed by atoms with E-state index in [-0.39, 0.29) is 0 Å². The number of pyridine rings is 1. The third kappa shape index (κ3) is 1.39. The number of aromatic nitrogens is 2. The molecule has 0 saturated carbocycles. The van der Waals surface area contributed by atoms with Crippen LogP contribution in [-0.4, -0.2) is 16.5 Å². The van der Waals surface area contributed by atoms with Crippen molar-refractivity contribution in [3.05, 3.63) is 27.7 Å². The van der Waals surface area contributed by atoms with Crippen LogP contribution in [0, 0.1) is 10.6 Å². The zero-order valence-corrected chi connectivity index (χ0v) is 9.57. The van der Waals surface area contributed by atoms with Crippen LogP contribution in [0.1, 0.15) is 5.69 Å². The van der Waals surface area contributed by atoms with Gasteiger partial charge in [-0.1, -0.05) is 0 Å². The van der Waals surface area contributed by atoms with Crippen LogP contribution in [-0.2, 0) is 0 Å². The zero-order valence-electron chi connectivity index (χ0n) is 7.41. The average molecular weight is 288 g/mol. The molecule has 0 fully saturated rings. The van der Waals surface area contributed by atoms with Crippen molar-refractivity contribution < 1.29 is 4.74 Å². The smallest absolute Gasteiger partial charge is 0.141 e. The van der Waals surface area contributed by atoms with E-state index in [4.69, 9.17) is 4.74 Å². The highest BCUT2D eigenvalue weighted by atomic mass is 127. The van der Waals surface area contributed by atoms with Crippen LogP contribution in [0.2, 0.25) is 0 Å². The van der Waals surface area contributed by atoms with Crippen molar-refractivity contribution in [1.82, 2.24) is 9.38 Å². The van der Waals surface area contributed by atoms with E-state index in [1.807, 2.05) is 29.7 Å². The summed E-state index contributed by atoms with van der Waals surface area (Å²) in [6.07, 6.45) is 1.97. The molecule has 0 spiro atoms. The summed E-state index contributed by atoms with van der Waals surface area (Å²) in [6.45, 7) is 2.00. The molecule has 4 heteroatoms. The van der Waals surface area contributed by atoms with Crippen LogP contribution in [0.3, 0.4) is 0 Å². The Bertz CT molecular complexity index is 450. The second-order valence-electron chi connectivity index (χ2n) is 2.78. The normalized spacial score (nSPS) is 10.7. The lowest BCUT2D eigenvalue weighted by molar-refractivity contribution is 0.414. The molecular formula is C9H9IN2O. The molecule has 3 nitrogen and oxygen atoms in total. The van der Waals surface area contributed by atoms with Gasteiger partial charge in [0.25, 0.3) is 0 Å². The highest BCUT2D eigenvalue weighted by Crippen LogP contribution is 2.18. The maximum Gasteiger partial charge on any atom is 0.141 e. The van der Waals surface area contributed by atoms with E-state index in [1.165, 1.54) is 0 Å². The fourth-order valence-corrected chi connectivity index (χ4v) is 1.77. The molecule has 0 amide bonds. The van der Waals surface area contributed by atoms with Gasteiger partial charge in [-0.05, 0) is 35.6 Å². The minimum absolute atomic E-state index is 0.842. The lowest BCUT2D eigenvalue weighted by atomic mass is 10.4. The summed E-state index contributed by atoms with van der Waals surface area (Å²) in [7, 11) is 1.66. The van der Waals surface area contributed by atoms with Crippen LogP contribution < -0.4 is 4.74 Å². The second-order valence-corrected chi connectivity index (χ2v) is 3.80. The average Bonchev–Trinajstić information content (AvgIpc) is 2.42. The maximum atomic E-state index is 5.12. The second kappa shape index (κ2) is 3.17. The SMILES string of the molecule is COc1ccn2c(I)c(C)nc2c1. The van der Waals surface area contributed by atoms with E-state index in [0.717, 1.165) is 20.8 Å². The first-order valence-corrected chi connectivity index (χ1v) is 4.98. The molecule has 2 heterocycles. The van der Waals surface area contributed by atoms with Crippen LogP contribution in [0.15, 0.2) is 18.3 Å². The van der Waals surface area contributed by atoms with Gasteiger partial charge in [0, 0.05) is 12.3 Å². The number of hydrogen-bond donors (Lipinski definition) is 0. The van der Waals surface area contributed by atoms with Crippen molar-refractivity contribution in [3.8, 4) is 5.75 Å². The Morgan fingerprint density at radius 2 is 2.31 bits per heavy atom. The quantitative estimate of drug-likeness (QED) is 0.752. The highest BCUT2D eigenvalue weighted by Gasteiger charge is 2.05. The molecule has 13 heavy (non-hydrogen) atoms. The van der Waals surface area contributed by atoms with Crippen LogP contribution in [0.5, 0.6) is 5.75 Å². The highest BCUT2D eigenvalue weighted by molar-refractivity contribution is 14.1. The molecule has 0 bridgehead atoms. The summed E-state index contributed by atoms with van der Waals surface area (Å²) in [4.78, 5) is 4.40. The first-order chi connectivity index (χ1) is 6.22. The van der Waals surface area contributed by atoms with Gasteiger partial charge in [-0.25, -0.2) is 4.98 Å². The van der Waals surface area contributed by atoms with E-state index in [1.54, 1.807) is 7.11 Å². The van der Waals surface area contributed by atoms with E-state index < -0.39 is 0 Å². The van der Waals surface area contributed by atoms with E-state index in [0.29, 0.717) is 0 Å². The monoisotopic (exact) mass is 288 g/mol. The molecule has 2 rings (SSSR count). The molecule has 0 aromatic carbocycles. The number of nitrogens with zero attached hydrogens (tertiary/aromatic N) is 2. The number of rotatable bonds is 1. The summed E-state index contributed by atoms with van der Waals surface area (Å²) in [5, 5.41) is 0. The molecule has 2 aromatic heterocycles. The lowest BCUT2D eigenvalue weighted by Gasteiger charge is -1.99. The molecule has 0 aliphatic rings. The first-order valence-electron chi connectivity index (χ1n) is 3.90. The molecule has 0 aliphatic heterocycles. The van der Waals surface area contributed by atoms with Crippen molar-refractivity contribution in [2.75, 3.05) is 7.11 Å². The van der Waals surface area contributed by atoms with Crippen LogP contribution >= 0.6 is 22.6 Å². The Labute approximate surface area is 89.9 Å². The van der Waals surface area contributed by atoms with Gasteiger partial charge in [-0.3, -0.25) is 4.40 Å². The summed E-state index contributed by atoms with van der Waals surface area (Å²) in [5.41, 5.74) is 1.98. The Morgan fingerprint density at radius 3 is 3.00 bits per heavy atom. The van der Waals surface area contributed by atoms with E-state index in [9.17, 15) is 0 Å². The topological polar surface area (TPSA) is 26.5 Å². The Hall–Kier alpha value is -0.780. The maximum absolute atomic E-state index is 5.12. The van der Waals surface area contributed by atoms with Crippen molar-refractivity contribution in [3.63, 3.8) is 0 Å². The summed E-state index contributed by atoms with van der Waals surface area (Å²) >= 11 is 2.28. The van der Waals surface area contributed by atoms with Crippen molar-refractivity contribution in [2.24, 2.45) is 0 Å². The number of methoxy groups -OCH3 is 1. The molecule has 0 saturated heterocycles. The standard InChI is InChI=1S/C9H9IN2O/c1-6-9(10)12-4-3-7(13-2)5-8(12)11-6/h3-5H,1-2H3. The van der Waals surface area contributed by atoms with Gasteiger partial charge in [0.2, 0.25) is 0 Å². The van der Waals surface area contributed by atoms with Gasteiger partial charge in [0.05, 0.1) is 12.8 Å². The molecular weight excluding hydrogens is 279 g/mol. The zero-order chi connectivity index (χ0) is 9.42. The number of aryl methyl sites for hydroxylation is 1.